The maximum absolute atomic E-state index is 15.0. The van der Waals surface area contributed by atoms with Gasteiger partial charge in [-0.1, -0.05) is 121 Å². The number of rotatable bonds is 10. The molecule has 0 aliphatic heterocycles. The minimum atomic E-state index is -1.14. The highest BCUT2D eigenvalue weighted by Gasteiger charge is 2.65. The molecule has 2 amide bonds. The highest BCUT2D eigenvalue weighted by atomic mass is 16.5. The van der Waals surface area contributed by atoms with Crippen LogP contribution in [0.5, 0.6) is 0 Å². The summed E-state index contributed by atoms with van der Waals surface area (Å²) in [5, 5.41) is 7.71. The van der Waals surface area contributed by atoms with E-state index in [9.17, 15) is 4.79 Å². The van der Waals surface area contributed by atoms with Gasteiger partial charge in [-0.3, -0.25) is 4.79 Å². The lowest BCUT2D eigenvalue weighted by Crippen LogP contribution is -2.52. The third-order valence-electron chi connectivity index (χ3n) is 13.2. The summed E-state index contributed by atoms with van der Waals surface area (Å²) in [5.41, 5.74) is 6.88. The second-order valence-corrected chi connectivity index (χ2v) is 16.3. The first-order valence-electron chi connectivity index (χ1n) is 20.3. The summed E-state index contributed by atoms with van der Waals surface area (Å²) < 4.78 is 6.15. The van der Waals surface area contributed by atoms with Crippen molar-refractivity contribution in [2.24, 2.45) is 23.7 Å². The maximum Gasteiger partial charge on any atom is 0.408 e. The number of imidazole rings is 1. The third kappa shape index (κ3) is 6.21. The highest BCUT2D eigenvalue weighted by molar-refractivity contribution is 5.94. The molecule has 282 valence electrons. The Morgan fingerprint density at radius 1 is 0.911 bits per heavy atom. The van der Waals surface area contributed by atoms with E-state index in [1.807, 2.05) is 54.9 Å². The predicted molar refractivity (Wildman–Crippen MR) is 219 cm³/mol. The molecule has 6 unspecified atom stereocenters. The molecule has 4 N–H and O–H groups in total. The lowest BCUT2D eigenvalue weighted by molar-refractivity contribution is -0.125. The number of nitrogens with one attached hydrogen (secondary N) is 4. The number of benzene rings is 3. The van der Waals surface area contributed by atoms with Crippen LogP contribution in [0, 0.1) is 23.7 Å². The molecule has 8 atom stereocenters. The molecule has 1 fully saturated rings. The molecule has 5 aliphatic rings. The molecule has 8 nitrogen and oxygen atoms in total. The smallest absolute Gasteiger partial charge is 0.408 e. The van der Waals surface area contributed by atoms with Crippen molar-refractivity contribution in [3.05, 3.63) is 162 Å². The monoisotopic (exact) mass is 741 g/mol. The van der Waals surface area contributed by atoms with Crippen LogP contribution in [0.15, 0.2) is 139 Å². The van der Waals surface area contributed by atoms with Gasteiger partial charge in [-0.15, -0.1) is 0 Å². The molecule has 2 heterocycles. The van der Waals surface area contributed by atoms with E-state index in [1.165, 1.54) is 16.7 Å². The maximum atomic E-state index is 15.0. The predicted octanol–water partition coefficient (Wildman–Crippen LogP) is 9.37. The average Bonchev–Trinajstić information content (AvgIpc) is 3.53. The normalized spacial score (nSPS) is 27.5. The lowest BCUT2D eigenvalue weighted by atomic mass is 9.74. The molecule has 1 saturated carbocycles. The first kappa shape index (κ1) is 34.6. The number of H-pyrrole nitrogens is 2. The van der Waals surface area contributed by atoms with Crippen molar-refractivity contribution in [3.63, 3.8) is 0 Å². The number of para-hydroxylation sites is 1. The molecule has 10 rings (SSSR count). The van der Waals surface area contributed by atoms with Crippen LogP contribution in [0.3, 0.4) is 0 Å². The number of aromatic amines is 2. The van der Waals surface area contributed by atoms with Crippen molar-refractivity contribution >= 4 is 22.9 Å². The van der Waals surface area contributed by atoms with Crippen LogP contribution in [0.2, 0.25) is 0 Å². The number of carbonyl (C=O) groups is 2. The molecule has 5 aromatic rings. The number of aromatic nitrogens is 3. The van der Waals surface area contributed by atoms with Crippen LogP contribution in [0.25, 0.3) is 22.2 Å². The number of carbonyl (C=O) groups excluding carboxylic acids is 2. The third-order valence-corrected chi connectivity index (χ3v) is 13.2. The zero-order valence-electron chi connectivity index (χ0n) is 31.4. The Labute approximate surface area is 327 Å². The Balaban J connectivity index is 0.947. The van der Waals surface area contributed by atoms with Gasteiger partial charge in [0, 0.05) is 41.3 Å². The number of amides is 2. The summed E-state index contributed by atoms with van der Waals surface area (Å²) in [6.45, 7) is 0.260. The number of alkyl carbamates (subject to hydrolysis) is 1. The SMILES string of the molecule is O=C(NC1(C(=O)N[C@H](Cc2c[nH]c3ccccc23)c2ncc(-c3ccccc3)[nH]2)C[C@@H]1C1C=CC=C2CCC=CC21)OCC1c2ccccc2C2CCC=CC21. The largest absolute Gasteiger partial charge is 0.449 e. The van der Waals surface area contributed by atoms with Crippen molar-refractivity contribution < 1.29 is 14.3 Å². The van der Waals surface area contributed by atoms with Crippen LogP contribution < -0.4 is 10.6 Å². The minimum Gasteiger partial charge on any atom is -0.449 e. The zero-order valence-corrected chi connectivity index (χ0v) is 31.4. The van der Waals surface area contributed by atoms with Gasteiger partial charge >= 0.3 is 6.09 Å². The van der Waals surface area contributed by atoms with Crippen molar-refractivity contribution in [2.75, 3.05) is 6.61 Å². The number of ether oxygens (including phenoxy) is 1. The van der Waals surface area contributed by atoms with Gasteiger partial charge in [-0.05, 0) is 78.2 Å². The van der Waals surface area contributed by atoms with E-state index in [1.54, 1.807) is 0 Å². The summed E-state index contributed by atoms with van der Waals surface area (Å²) in [6, 6.07) is 26.4. The Morgan fingerprint density at radius 3 is 2.64 bits per heavy atom. The number of nitrogens with zero attached hydrogens (tertiary/aromatic N) is 1. The molecule has 5 aliphatic carbocycles. The van der Waals surface area contributed by atoms with Crippen molar-refractivity contribution in [2.45, 2.75) is 61.9 Å². The van der Waals surface area contributed by atoms with Gasteiger partial charge in [-0.25, -0.2) is 9.78 Å². The van der Waals surface area contributed by atoms with E-state index >= 15 is 4.79 Å². The number of allylic oxidation sites excluding steroid dienone is 8. The van der Waals surface area contributed by atoms with Crippen molar-refractivity contribution in [3.8, 4) is 11.3 Å². The Bertz CT molecular complexity index is 2400. The van der Waals surface area contributed by atoms with Gasteiger partial charge in [0.2, 0.25) is 5.91 Å². The van der Waals surface area contributed by atoms with Crippen molar-refractivity contribution in [1.29, 1.82) is 0 Å². The first-order valence-corrected chi connectivity index (χ1v) is 20.3. The standard InChI is InChI=1S/C48H47N5O3/c54-46(52-43(25-32-27-49-42-24-11-10-18-34(32)42)45-50-28-44(51-45)31-14-2-1-3-15-31)48(26-41(48)39-23-12-16-30-13-4-5-17-33(30)39)53-47(55)56-29-40-37-21-8-6-19-35(37)36-20-7-9-22-38(36)40/h1-3,5-6,8-12,14-19,21-24,27-28,33,36,38-41,43,49H,4,7,13,20,25-26,29H2,(H,50,51)(H,52,54)(H,53,55)/t33?,36?,38?,39?,40?,41-,43-,48?/m1/s1. The molecule has 3 aromatic carbocycles. The average molecular weight is 742 g/mol. The summed E-state index contributed by atoms with van der Waals surface area (Å²) in [7, 11) is 0. The summed E-state index contributed by atoms with van der Waals surface area (Å²) in [6.07, 6.45) is 24.2. The Kier molecular flexibility index (Phi) is 8.84. The first-order chi connectivity index (χ1) is 27.6. The molecule has 0 bridgehead atoms. The Morgan fingerprint density at radius 2 is 1.73 bits per heavy atom. The zero-order chi connectivity index (χ0) is 37.6. The van der Waals surface area contributed by atoms with E-state index in [-0.39, 0.29) is 36.2 Å². The van der Waals surface area contributed by atoms with Crippen LogP contribution in [0.1, 0.15) is 72.5 Å². The summed E-state index contributed by atoms with van der Waals surface area (Å²) in [5.74, 6) is 1.45. The number of hydrogen-bond acceptors (Lipinski definition) is 4. The molecule has 2 aromatic heterocycles. The molecule has 8 heteroatoms. The van der Waals surface area contributed by atoms with Crippen molar-refractivity contribution in [1.82, 2.24) is 25.6 Å². The number of fused-ring (bicyclic) bond motifs is 5. The van der Waals surface area contributed by atoms with Gasteiger partial charge in [0.1, 0.15) is 18.0 Å². The fourth-order valence-corrected chi connectivity index (χ4v) is 10.3. The van der Waals surface area contributed by atoms with Gasteiger partial charge in [0.05, 0.1) is 17.9 Å². The minimum absolute atomic E-state index is 0.0767. The Hall–Kier alpha value is -5.89. The van der Waals surface area contributed by atoms with Crippen LogP contribution in [-0.4, -0.2) is 39.1 Å². The second-order valence-electron chi connectivity index (χ2n) is 16.3. The van der Waals surface area contributed by atoms with E-state index in [2.05, 4.69) is 99.5 Å². The van der Waals surface area contributed by atoms with Gasteiger partial charge in [0.25, 0.3) is 0 Å². The fourth-order valence-electron chi connectivity index (χ4n) is 10.3. The lowest BCUT2D eigenvalue weighted by Gasteiger charge is -2.32. The van der Waals surface area contributed by atoms with Gasteiger partial charge in [-0.2, -0.15) is 0 Å². The van der Waals surface area contributed by atoms with Gasteiger partial charge < -0.3 is 25.3 Å². The van der Waals surface area contributed by atoms with Crippen LogP contribution in [0.4, 0.5) is 4.79 Å². The fraction of sp³-hybridized carbons (Fsp3) is 0.312. The van der Waals surface area contributed by atoms with E-state index in [4.69, 9.17) is 9.72 Å². The van der Waals surface area contributed by atoms with E-state index < -0.39 is 17.7 Å². The van der Waals surface area contributed by atoms with Crippen LogP contribution >= 0.6 is 0 Å². The molecular weight excluding hydrogens is 695 g/mol. The summed E-state index contributed by atoms with van der Waals surface area (Å²) in [4.78, 5) is 40.9. The molecular formula is C48H47N5O3. The molecule has 56 heavy (non-hydrogen) atoms. The molecule has 0 spiro atoms. The van der Waals surface area contributed by atoms with E-state index in [0.717, 1.165) is 53.4 Å². The van der Waals surface area contributed by atoms with E-state index in [0.29, 0.717) is 30.5 Å². The topological polar surface area (TPSA) is 112 Å². The summed E-state index contributed by atoms with van der Waals surface area (Å²) >= 11 is 0. The second kappa shape index (κ2) is 14.3. The molecule has 0 radical (unpaired) electrons. The van der Waals surface area contributed by atoms with Gasteiger partial charge in [0.15, 0.2) is 0 Å². The molecule has 0 saturated heterocycles. The number of hydrogen-bond donors (Lipinski definition) is 4. The quantitative estimate of drug-likeness (QED) is 0.107. The van der Waals surface area contributed by atoms with Crippen LogP contribution in [-0.2, 0) is 16.0 Å². The highest BCUT2D eigenvalue weighted by Crippen LogP contribution is 2.55.